The lowest BCUT2D eigenvalue weighted by Gasteiger charge is -2.39. The van der Waals surface area contributed by atoms with Gasteiger partial charge in [0.1, 0.15) is 17.3 Å². The molecular weight excluding hydrogens is 536 g/mol. The van der Waals surface area contributed by atoms with Crippen LogP contribution in [0.4, 0.5) is 4.79 Å². The van der Waals surface area contributed by atoms with Crippen LogP contribution in [0.25, 0.3) is 0 Å². The molecular formula is C28H33BrN4O4. The number of methoxy groups -OCH3 is 1. The van der Waals surface area contributed by atoms with Crippen molar-refractivity contribution in [3.05, 3.63) is 82.4 Å². The summed E-state index contributed by atoms with van der Waals surface area (Å²) in [5.74, 6) is 0.920. The number of allylic oxidation sites excluding steroid dienone is 2. The Morgan fingerprint density at radius 3 is 2.49 bits per heavy atom. The van der Waals surface area contributed by atoms with Gasteiger partial charge in [0.05, 0.1) is 31.4 Å². The van der Waals surface area contributed by atoms with E-state index < -0.39 is 6.04 Å². The Hall–Kier alpha value is -3.14. The SMILES string of the molecule is C=C/C=C(\C)C1N=C(c2ccc(OC)cc2O)N(C(=O)N2CCN(CCO)CC2)C1c1ccc(Br)cc1. The summed E-state index contributed by atoms with van der Waals surface area (Å²) in [4.78, 5) is 24.9. The zero-order valence-electron chi connectivity index (χ0n) is 21.2. The van der Waals surface area contributed by atoms with Gasteiger partial charge in [-0.05, 0) is 42.3 Å². The van der Waals surface area contributed by atoms with Crippen LogP contribution in [0.1, 0.15) is 24.1 Å². The van der Waals surface area contributed by atoms with E-state index in [-0.39, 0.29) is 24.4 Å². The molecule has 0 spiro atoms. The van der Waals surface area contributed by atoms with Crippen molar-refractivity contribution in [3.8, 4) is 11.5 Å². The summed E-state index contributed by atoms with van der Waals surface area (Å²) in [6.07, 6.45) is 3.63. The van der Waals surface area contributed by atoms with Crippen molar-refractivity contribution in [1.29, 1.82) is 0 Å². The van der Waals surface area contributed by atoms with Crippen LogP contribution in [0, 0.1) is 0 Å². The fourth-order valence-corrected chi connectivity index (χ4v) is 5.12. The van der Waals surface area contributed by atoms with Gasteiger partial charge in [0.15, 0.2) is 0 Å². The molecule has 2 aliphatic rings. The van der Waals surface area contributed by atoms with E-state index >= 15 is 0 Å². The number of aromatic hydroxyl groups is 1. The summed E-state index contributed by atoms with van der Waals surface area (Å²) in [5, 5.41) is 20.2. The molecule has 2 aromatic carbocycles. The third-order valence-corrected chi connectivity index (χ3v) is 7.37. The van der Waals surface area contributed by atoms with Gasteiger partial charge < -0.3 is 19.8 Å². The van der Waals surface area contributed by atoms with Crippen LogP contribution in [0.3, 0.4) is 0 Å². The van der Waals surface area contributed by atoms with Crippen molar-refractivity contribution in [2.75, 3.05) is 46.4 Å². The quantitative estimate of drug-likeness (QED) is 0.489. The first-order valence-electron chi connectivity index (χ1n) is 12.3. The number of carbonyl (C=O) groups excluding carboxylic acids is 1. The average Bonchev–Trinajstić information content (AvgIpc) is 3.30. The standard InChI is InChI=1S/C28H33BrN4O4/c1-4-5-19(2)25-26(20-6-8-21(29)9-7-20)33(28(36)32-14-12-31(13-15-32)16-17-34)27(30-25)23-11-10-22(37-3)18-24(23)35/h4-11,18,25-26,34-35H,1,12-17H2,2-3H3/b19-5+. The smallest absolute Gasteiger partial charge is 0.326 e. The molecule has 1 saturated heterocycles. The molecule has 1 fully saturated rings. The number of aliphatic hydroxyl groups is 1. The van der Waals surface area contributed by atoms with Crippen molar-refractivity contribution in [2.45, 2.75) is 19.0 Å². The van der Waals surface area contributed by atoms with Crippen molar-refractivity contribution in [2.24, 2.45) is 4.99 Å². The number of hydrogen-bond acceptors (Lipinski definition) is 6. The number of phenols is 1. The van der Waals surface area contributed by atoms with Crippen LogP contribution >= 0.6 is 15.9 Å². The Morgan fingerprint density at radius 1 is 1.19 bits per heavy atom. The summed E-state index contributed by atoms with van der Waals surface area (Å²) < 4.78 is 6.21. The number of piperazine rings is 1. The minimum Gasteiger partial charge on any atom is -0.507 e. The number of nitrogens with zero attached hydrogens (tertiary/aromatic N) is 4. The molecule has 2 N–H and O–H groups in total. The third-order valence-electron chi connectivity index (χ3n) is 6.84. The number of urea groups is 1. The second-order valence-corrected chi connectivity index (χ2v) is 10.0. The molecule has 0 radical (unpaired) electrons. The van der Waals surface area contributed by atoms with Gasteiger partial charge in [-0.3, -0.25) is 14.8 Å². The number of amidine groups is 1. The topological polar surface area (TPSA) is 88.8 Å². The van der Waals surface area contributed by atoms with E-state index in [2.05, 4.69) is 27.4 Å². The number of aliphatic hydroxyl groups excluding tert-OH is 1. The number of hydrogen-bond donors (Lipinski definition) is 2. The normalized spacial score (nSPS) is 20.6. The Labute approximate surface area is 226 Å². The molecule has 2 heterocycles. The maximum absolute atomic E-state index is 14.2. The van der Waals surface area contributed by atoms with Crippen LogP contribution in [0.2, 0.25) is 0 Å². The second kappa shape index (κ2) is 11.9. The molecule has 196 valence electrons. The lowest BCUT2D eigenvalue weighted by atomic mass is 9.94. The minimum atomic E-state index is -0.413. The maximum Gasteiger partial charge on any atom is 0.326 e. The predicted molar refractivity (Wildman–Crippen MR) is 148 cm³/mol. The lowest BCUT2D eigenvalue weighted by Crippen LogP contribution is -2.54. The monoisotopic (exact) mass is 568 g/mol. The van der Waals surface area contributed by atoms with Crippen molar-refractivity contribution >= 4 is 27.8 Å². The zero-order chi connectivity index (χ0) is 26.5. The van der Waals surface area contributed by atoms with Gasteiger partial charge in [-0.1, -0.05) is 46.8 Å². The molecule has 0 saturated carbocycles. The zero-order valence-corrected chi connectivity index (χ0v) is 22.8. The van der Waals surface area contributed by atoms with Crippen LogP contribution in [0.5, 0.6) is 11.5 Å². The first-order valence-corrected chi connectivity index (χ1v) is 13.1. The van der Waals surface area contributed by atoms with E-state index in [0.29, 0.717) is 49.9 Å². The number of benzene rings is 2. The molecule has 8 nitrogen and oxygen atoms in total. The molecule has 9 heteroatoms. The molecule has 0 aromatic heterocycles. The van der Waals surface area contributed by atoms with Crippen molar-refractivity contribution < 1.29 is 19.7 Å². The number of amides is 2. The lowest BCUT2D eigenvalue weighted by molar-refractivity contribution is 0.108. The van der Waals surface area contributed by atoms with E-state index in [9.17, 15) is 15.0 Å². The molecule has 37 heavy (non-hydrogen) atoms. The summed E-state index contributed by atoms with van der Waals surface area (Å²) in [6, 6.07) is 12.0. The minimum absolute atomic E-state index is 0.00998. The first kappa shape index (κ1) is 26.9. The number of carbonyl (C=O) groups is 1. The molecule has 4 rings (SSSR count). The largest absolute Gasteiger partial charge is 0.507 e. The summed E-state index contributed by atoms with van der Waals surface area (Å²) in [5.41, 5.74) is 2.35. The molecule has 2 aromatic rings. The third kappa shape index (κ3) is 5.74. The van der Waals surface area contributed by atoms with Gasteiger partial charge in [-0.15, -0.1) is 0 Å². The Balaban J connectivity index is 1.80. The van der Waals surface area contributed by atoms with Crippen LogP contribution in [0.15, 0.2) is 76.2 Å². The molecule has 2 aliphatic heterocycles. The Kier molecular flexibility index (Phi) is 8.68. The van der Waals surface area contributed by atoms with E-state index in [1.165, 1.54) is 13.2 Å². The molecule has 2 atom stereocenters. The van der Waals surface area contributed by atoms with Gasteiger partial charge >= 0.3 is 6.03 Å². The van der Waals surface area contributed by atoms with Gasteiger partial charge in [0, 0.05) is 43.3 Å². The predicted octanol–water partition coefficient (Wildman–Crippen LogP) is 4.20. The van der Waals surface area contributed by atoms with Gasteiger partial charge in [-0.25, -0.2) is 4.79 Å². The number of rotatable bonds is 7. The summed E-state index contributed by atoms with van der Waals surface area (Å²) in [7, 11) is 1.54. The van der Waals surface area contributed by atoms with Crippen LogP contribution in [-0.4, -0.2) is 89.3 Å². The van der Waals surface area contributed by atoms with Gasteiger partial charge in [0.2, 0.25) is 0 Å². The van der Waals surface area contributed by atoms with Crippen molar-refractivity contribution in [1.82, 2.24) is 14.7 Å². The van der Waals surface area contributed by atoms with Crippen molar-refractivity contribution in [3.63, 3.8) is 0 Å². The highest BCUT2D eigenvalue weighted by Crippen LogP contribution is 2.40. The van der Waals surface area contributed by atoms with E-state index in [4.69, 9.17) is 9.73 Å². The molecule has 0 aliphatic carbocycles. The average molecular weight is 570 g/mol. The highest BCUT2D eigenvalue weighted by Gasteiger charge is 2.44. The fourth-order valence-electron chi connectivity index (χ4n) is 4.86. The van der Waals surface area contributed by atoms with Crippen LogP contribution in [-0.2, 0) is 0 Å². The fraction of sp³-hybridized carbons (Fsp3) is 0.357. The number of phenolic OH excluding ortho intramolecular Hbond substituents is 1. The maximum atomic E-state index is 14.2. The Bertz CT molecular complexity index is 1190. The van der Waals surface area contributed by atoms with E-state index in [1.54, 1.807) is 23.1 Å². The van der Waals surface area contributed by atoms with Gasteiger partial charge in [-0.2, -0.15) is 0 Å². The summed E-state index contributed by atoms with van der Waals surface area (Å²) in [6.45, 7) is 8.95. The molecule has 2 unspecified atom stereocenters. The molecule has 2 amide bonds. The number of aliphatic imine (C=N–C) groups is 1. The molecule has 0 bridgehead atoms. The number of halogens is 1. The van der Waals surface area contributed by atoms with E-state index in [1.807, 2.05) is 42.2 Å². The highest BCUT2D eigenvalue weighted by atomic mass is 79.9. The second-order valence-electron chi connectivity index (χ2n) is 9.13. The van der Waals surface area contributed by atoms with Crippen LogP contribution < -0.4 is 4.74 Å². The highest BCUT2D eigenvalue weighted by molar-refractivity contribution is 9.10. The van der Waals surface area contributed by atoms with Gasteiger partial charge in [0.25, 0.3) is 0 Å². The summed E-state index contributed by atoms with van der Waals surface area (Å²) >= 11 is 3.51. The number of β-amino-alcohol motifs (C(OH)–C–C–N with tert-alkyl or cyclic N) is 1. The van der Waals surface area contributed by atoms with E-state index in [0.717, 1.165) is 15.6 Å². The Morgan fingerprint density at radius 2 is 1.89 bits per heavy atom. The first-order chi connectivity index (χ1) is 17.9. The number of ether oxygens (including phenoxy) is 1.